The Morgan fingerprint density at radius 2 is 1.82 bits per heavy atom. The number of β-lactam (4-membered cyclic amide) rings is 1. The number of ether oxygens (including phenoxy) is 4. The van der Waals surface area contributed by atoms with Crippen molar-refractivity contribution in [2.75, 3.05) is 20.0 Å². The van der Waals surface area contributed by atoms with E-state index in [1.165, 1.54) is 13.8 Å². The minimum absolute atomic E-state index is 0.332. The summed E-state index contributed by atoms with van der Waals surface area (Å²) in [6.07, 6.45) is -0.248. The first-order valence-electron chi connectivity index (χ1n) is 8.44. The Balaban J connectivity index is 1.59. The topological polar surface area (TPSA) is 126 Å². The molecule has 0 aromatic heterocycles. The molecule has 3 rings (SSSR count). The van der Waals surface area contributed by atoms with E-state index in [-0.39, 0.29) is 6.10 Å². The average Bonchev–Trinajstić information content (AvgIpc) is 2.76. The Kier molecular flexibility index (Phi) is 5.76. The molecule has 3 heterocycles. The lowest BCUT2D eigenvalue weighted by atomic mass is 9.98. The second-order valence-corrected chi connectivity index (χ2v) is 13.3. The molecule has 10 nitrogen and oxygen atoms in total. The van der Waals surface area contributed by atoms with Gasteiger partial charge in [0, 0.05) is 12.8 Å². The van der Waals surface area contributed by atoms with Crippen molar-refractivity contribution in [2.24, 2.45) is 0 Å². The number of esters is 1. The van der Waals surface area contributed by atoms with Crippen LogP contribution in [0.1, 0.15) is 26.7 Å². The van der Waals surface area contributed by atoms with Crippen LogP contribution in [0.4, 0.5) is 4.79 Å². The number of alkyl halides is 2. The van der Waals surface area contributed by atoms with E-state index in [2.05, 4.69) is 31.9 Å². The summed E-state index contributed by atoms with van der Waals surface area (Å²) >= 11 is 6.12. The standard InChI is InChI=1S/C15H19Br2NO9S/c1-14(2)9(18-11(20)15(16,17)12(18)28(14,22)23)10(19)25-7-26-13(21)27-8-3-5-24-6-4-8/h8-9,12H,3-7H2,1-2H3/t9-,12+/m0/s1. The maximum atomic E-state index is 12.8. The van der Waals surface area contributed by atoms with Crippen LogP contribution >= 0.6 is 31.9 Å². The first-order valence-corrected chi connectivity index (χ1v) is 11.6. The van der Waals surface area contributed by atoms with Gasteiger partial charge in [-0.25, -0.2) is 18.0 Å². The maximum absolute atomic E-state index is 12.8. The number of hydrogen-bond donors (Lipinski definition) is 0. The van der Waals surface area contributed by atoms with Gasteiger partial charge in [0.1, 0.15) is 16.9 Å². The van der Waals surface area contributed by atoms with E-state index in [0.29, 0.717) is 26.1 Å². The Hall–Kier alpha value is -0.920. The quantitative estimate of drug-likeness (QED) is 0.219. The first-order chi connectivity index (χ1) is 12.9. The van der Waals surface area contributed by atoms with E-state index in [0.717, 1.165) is 4.90 Å². The van der Waals surface area contributed by atoms with Crippen molar-refractivity contribution in [3.63, 3.8) is 0 Å². The molecule has 1 amide bonds. The zero-order valence-corrected chi connectivity index (χ0v) is 19.0. The highest BCUT2D eigenvalue weighted by Crippen LogP contribution is 2.56. The van der Waals surface area contributed by atoms with Crippen molar-refractivity contribution < 1.29 is 41.7 Å². The highest BCUT2D eigenvalue weighted by atomic mass is 79.9. The average molecular weight is 549 g/mol. The summed E-state index contributed by atoms with van der Waals surface area (Å²) in [6.45, 7) is 2.89. The van der Waals surface area contributed by atoms with Gasteiger partial charge in [0.15, 0.2) is 18.4 Å². The lowest BCUT2D eigenvalue weighted by Gasteiger charge is -2.45. The molecule has 0 bridgehead atoms. The van der Waals surface area contributed by atoms with Gasteiger partial charge in [-0.15, -0.1) is 0 Å². The molecule has 3 aliphatic heterocycles. The predicted molar refractivity (Wildman–Crippen MR) is 100 cm³/mol. The van der Waals surface area contributed by atoms with Crippen molar-refractivity contribution in [3.8, 4) is 0 Å². The molecular weight excluding hydrogens is 530 g/mol. The Bertz CT molecular complexity index is 791. The third-order valence-corrected chi connectivity index (χ3v) is 10.1. The lowest BCUT2D eigenvalue weighted by molar-refractivity contribution is -0.168. The van der Waals surface area contributed by atoms with Gasteiger partial charge in [-0.05, 0) is 13.8 Å². The summed E-state index contributed by atoms with van der Waals surface area (Å²) in [5.41, 5.74) is 0. The van der Waals surface area contributed by atoms with Gasteiger partial charge >= 0.3 is 12.1 Å². The van der Waals surface area contributed by atoms with E-state index in [4.69, 9.17) is 18.9 Å². The van der Waals surface area contributed by atoms with Crippen LogP contribution in [0.15, 0.2) is 0 Å². The summed E-state index contributed by atoms with van der Waals surface area (Å²) in [5.74, 6) is -1.59. The number of amides is 1. The number of hydrogen-bond acceptors (Lipinski definition) is 9. The Morgan fingerprint density at radius 1 is 1.21 bits per heavy atom. The van der Waals surface area contributed by atoms with Gasteiger partial charge < -0.3 is 23.8 Å². The second-order valence-electron chi connectivity index (χ2n) is 7.14. The van der Waals surface area contributed by atoms with Crippen LogP contribution in [-0.4, -0.2) is 76.9 Å². The van der Waals surface area contributed by atoms with Crippen LogP contribution in [0.2, 0.25) is 0 Å². The molecule has 2 atom stereocenters. The van der Waals surface area contributed by atoms with E-state index in [1.807, 2.05) is 0 Å². The molecule has 0 N–H and O–H groups in total. The van der Waals surface area contributed by atoms with Gasteiger partial charge in [0.2, 0.25) is 6.79 Å². The fourth-order valence-corrected chi connectivity index (χ4v) is 7.87. The third-order valence-electron chi connectivity index (χ3n) is 5.08. The molecule has 0 aromatic carbocycles. The molecule has 3 aliphatic rings. The first kappa shape index (κ1) is 21.8. The van der Waals surface area contributed by atoms with Gasteiger partial charge in [-0.1, -0.05) is 31.9 Å². The molecule has 0 unspecified atom stereocenters. The van der Waals surface area contributed by atoms with Gasteiger partial charge in [0.25, 0.3) is 5.91 Å². The molecule has 13 heteroatoms. The molecule has 3 saturated heterocycles. The van der Waals surface area contributed by atoms with E-state index in [1.54, 1.807) is 0 Å². The summed E-state index contributed by atoms with van der Waals surface area (Å²) < 4.78 is 42.3. The van der Waals surface area contributed by atoms with Gasteiger partial charge in [-0.2, -0.15) is 0 Å². The fourth-order valence-electron chi connectivity index (χ4n) is 3.44. The Morgan fingerprint density at radius 3 is 2.43 bits per heavy atom. The summed E-state index contributed by atoms with van der Waals surface area (Å²) in [7, 11) is -3.89. The number of carbonyl (C=O) groups excluding carboxylic acids is 3. The van der Waals surface area contributed by atoms with Gasteiger partial charge in [0.05, 0.1) is 13.2 Å². The summed E-state index contributed by atoms with van der Waals surface area (Å²) in [6, 6.07) is -1.37. The molecule has 158 valence electrons. The maximum Gasteiger partial charge on any atom is 0.511 e. The van der Waals surface area contributed by atoms with Crippen LogP contribution < -0.4 is 0 Å². The van der Waals surface area contributed by atoms with E-state index >= 15 is 0 Å². The van der Waals surface area contributed by atoms with Crippen molar-refractivity contribution in [3.05, 3.63) is 0 Å². The van der Waals surface area contributed by atoms with Gasteiger partial charge in [-0.3, -0.25) is 4.79 Å². The molecule has 28 heavy (non-hydrogen) atoms. The predicted octanol–water partition coefficient (Wildman–Crippen LogP) is 1.05. The molecule has 0 aliphatic carbocycles. The monoisotopic (exact) mass is 547 g/mol. The van der Waals surface area contributed by atoms with Crippen LogP contribution in [0.3, 0.4) is 0 Å². The fraction of sp³-hybridized carbons (Fsp3) is 0.800. The summed E-state index contributed by atoms with van der Waals surface area (Å²) in [5, 5.41) is -1.25. The van der Waals surface area contributed by atoms with Crippen molar-refractivity contribution >= 4 is 59.7 Å². The van der Waals surface area contributed by atoms with E-state index < -0.39 is 54.1 Å². The molecule has 3 fully saturated rings. The highest BCUT2D eigenvalue weighted by molar-refractivity contribution is 9.26. The highest BCUT2D eigenvalue weighted by Gasteiger charge is 2.77. The normalized spacial score (nSPS) is 30.1. The number of nitrogens with zero attached hydrogens (tertiary/aromatic N) is 1. The third kappa shape index (κ3) is 3.33. The molecular formula is C15H19Br2NO9S. The van der Waals surface area contributed by atoms with Crippen LogP contribution in [0, 0.1) is 0 Å². The van der Waals surface area contributed by atoms with Crippen molar-refractivity contribution in [1.82, 2.24) is 4.90 Å². The second kappa shape index (κ2) is 7.40. The molecule has 0 aromatic rings. The molecule has 0 radical (unpaired) electrons. The number of carbonyl (C=O) groups is 3. The minimum Gasteiger partial charge on any atom is -0.431 e. The van der Waals surface area contributed by atoms with Crippen LogP contribution in [0.25, 0.3) is 0 Å². The Labute approximate surface area is 178 Å². The summed E-state index contributed by atoms with van der Waals surface area (Å²) in [4.78, 5) is 37.4. The van der Waals surface area contributed by atoms with Crippen LogP contribution in [0.5, 0.6) is 0 Å². The van der Waals surface area contributed by atoms with Crippen molar-refractivity contribution in [1.29, 1.82) is 0 Å². The smallest absolute Gasteiger partial charge is 0.431 e. The zero-order valence-electron chi connectivity index (χ0n) is 15.1. The van der Waals surface area contributed by atoms with E-state index in [9.17, 15) is 22.8 Å². The zero-order chi connectivity index (χ0) is 20.9. The molecule has 0 spiro atoms. The largest absolute Gasteiger partial charge is 0.511 e. The SMILES string of the molecule is CC1(C)[C@H](C(=O)OCOC(=O)OC2CCOCC2)N2C(=O)C(Br)(Br)[C@H]2S1(=O)=O. The number of sulfone groups is 1. The number of halogens is 2. The minimum atomic E-state index is -3.89. The molecule has 0 saturated carbocycles. The number of rotatable bonds is 4. The number of fused-ring (bicyclic) bond motifs is 1. The van der Waals surface area contributed by atoms with Crippen molar-refractivity contribution in [2.45, 2.75) is 52.2 Å². The van der Waals surface area contributed by atoms with Crippen LogP contribution in [-0.2, 0) is 38.4 Å². The lowest BCUT2D eigenvalue weighted by Crippen LogP contribution is -2.69.